The Morgan fingerprint density at radius 2 is 2.00 bits per heavy atom. The van der Waals surface area contributed by atoms with Gasteiger partial charge in [0.15, 0.2) is 0 Å². The molecule has 0 bridgehead atoms. The molecular weight excluding hydrogens is 250 g/mol. The number of amides is 1. The van der Waals surface area contributed by atoms with Gasteiger partial charge in [0.1, 0.15) is 5.82 Å². The van der Waals surface area contributed by atoms with Gasteiger partial charge in [0, 0.05) is 38.3 Å². The molecule has 1 heterocycles. The molecule has 1 aromatic carbocycles. The maximum Gasteiger partial charge on any atom is 0.222 e. The van der Waals surface area contributed by atoms with Gasteiger partial charge in [-0.3, -0.25) is 4.79 Å². The molecule has 98 valence electrons. The van der Waals surface area contributed by atoms with Crippen LogP contribution >= 0.6 is 9.24 Å². The third-order valence-corrected chi connectivity index (χ3v) is 3.73. The number of anilines is 1. The lowest BCUT2D eigenvalue weighted by atomic mass is 10.2. The van der Waals surface area contributed by atoms with Crippen molar-refractivity contribution in [3.8, 4) is 0 Å². The van der Waals surface area contributed by atoms with Crippen molar-refractivity contribution >= 4 is 26.1 Å². The maximum absolute atomic E-state index is 13.0. The Kier molecular flexibility index (Phi) is 4.18. The van der Waals surface area contributed by atoms with Crippen LogP contribution in [0, 0.1) is 5.82 Å². The van der Waals surface area contributed by atoms with Gasteiger partial charge in [-0.1, -0.05) is 6.92 Å². The monoisotopic (exact) mass is 268 g/mol. The number of carbonyl (C=O) groups excluding carboxylic acids is 1. The molecule has 0 N–H and O–H groups in total. The van der Waals surface area contributed by atoms with Crippen LogP contribution in [-0.4, -0.2) is 37.0 Å². The van der Waals surface area contributed by atoms with Gasteiger partial charge in [-0.05, 0) is 23.5 Å². The van der Waals surface area contributed by atoms with Crippen LogP contribution in [0.15, 0.2) is 18.2 Å². The van der Waals surface area contributed by atoms with Crippen LogP contribution in [0.1, 0.15) is 13.3 Å². The molecule has 0 aliphatic carbocycles. The van der Waals surface area contributed by atoms with Gasteiger partial charge in [-0.2, -0.15) is 0 Å². The molecule has 0 radical (unpaired) electrons. The first-order valence-electron chi connectivity index (χ1n) is 6.19. The van der Waals surface area contributed by atoms with E-state index in [0.29, 0.717) is 6.42 Å². The normalized spacial score (nSPS) is 15.9. The molecule has 1 amide bonds. The molecule has 1 unspecified atom stereocenters. The van der Waals surface area contributed by atoms with Crippen LogP contribution in [0.5, 0.6) is 0 Å². The highest BCUT2D eigenvalue weighted by Crippen LogP contribution is 2.17. The summed E-state index contributed by atoms with van der Waals surface area (Å²) in [6.07, 6.45) is 0.561. The highest BCUT2D eigenvalue weighted by atomic mass is 31.0. The fourth-order valence-corrected chi connectivity index (χ4v) is 2.67. The van der Waals surface area contributed by atoms with Gasteiger partial charge < -0.3 is 9.80 Å². The molecule has 1 aliphatic rings. The average molecular weight is 268 g/mol. The summed E-state index contributed by atoms with van der Waals surface area (Å²) in [5, 5.41) is 0.866. The van der Waals surface area contributed by atoms with Crippen LogP contribution in [-0.2, 0) is 4.79 Å². The maximum atomic E-state index is 13.0. The Bertz CT molecular complexity index is 445. The van der Waals surface area contributed by atoms with E-state index in [-0.39, 0.29) is 11.7 Å². The standard InChI is InChI=1S/C13H18FN2OP/c1-2-13(17)16-7-5-15(6-8-16)11-4-3-10(14)9-12(11)18/h3-4,9H,2,5-8,18H2,1H3. The molecule has 2 rings (SSSR count). The molecule has 3 nitrogen and oxygen atoms in total. The number of nitrogens with zero attached hydrogens (tertiary/aromatic N) is 2. The number of piperazine rings is 1. The summed E-state index contributed by atoms with van der Waals surface area (Å²) in [6, 6.07) is 4.80. The van der Waals surface area contributed by atoms with Crippen molar-refractivity contribution in [3.05, 3.63) is 24.0 Å². The Hall–Kier alpha value is -1.15. The number of halogens is 1. The zero-order valence-electron chi connectivity index (χ0n) is 10.5. The minimum absolute atomic E-state index is 0.208. The predicted molar refractivity (Wildman–Crippen MR) is 74.8 cm³/mol. The quantitative estimate of drug-likeness (QED) is 0.757. The molecule has 1 saturated heterocycles. The van der Waals surface area contributed by atoms with Crippen molar-refractivity contribution < 1.29 is 9.18 Å². The highest BCUT2D eigenvalue weighted by molar-refractivity contribution is 7.28. The average Bonchev–Trinajstić information content (AvgIpc) is 2.38. The van der Waals surface area contributed by atoms with Crippen LogP contribution in [0.4, 0.5) is 10.1 Å². The van der Waals surface area contributed by atoms with Gasteiger partial charge in [0.25, 0.3) is 0 Å². The Balaban J connectivity index is 2.03. The van der Waals surface area contributed by atoms with E-state index in [9.17, 15) is 9.18 Å². The number of rotatable bonds is 2. The van der Waals surface area contributed by atoms with E-state index in [4.69, 9.17) is 0 Å². The summed E-state index contributed by atoms with van der Waals surface area (Å²) in [7, 11) is 2.57. The lowest BCUT2D eigenvalue weighted by molar-refractivity contribution is -0.131. The van der Waals surface area contributed by atoms with Gasteiger partial charge in [-0.15, -0.1) is 9.24 Å². The van der Waals surface area contributed by atoms with Gasteiger partial charge in [0.05, 0.1) is 0 Å². The summed E-state index contributed by atoms with van der Waals surface area (Å²) >= 11 is 0. The highest BCUT2D eigenvalue weighted by Gasteiger charge is 2.20. The van der Waals surface area contributed by atoms with Crippen molar-refractivity contribution in [2.75, 3.05) is 31.1 Å². The van der Waals surface area contributed by atoms with E-state index in [1.807, 2.05) is 11.8 Å². The number of carbonyl (C=O) groups is 1. The smallest absolute Gasteiger partial charge is 0.222 e. The van der Waals surface area contributed by atoms with E-state index < -0.39 is 0 Å². The van der Waals surface area contributed by atoms with Crippen molar-refractivity contribution in [1.82, 2.24) is 4.90 Å². The minimum atomic E-state index is -0.219. The van der Waals surface area contributed by atoms with Gasteiger partial charge in [-0.25, -0.2) is 4.39 Å². The lowest BCUT2D eigenvalue weighted by Crippen LogP contribution is -2.49. The molecule has 18 heavy (non-hydrogen) atoms. The Morgan fingerprint density at radius 3 is 2.56 bits per heavy atom. The van der Waals surface area contributed by atoms with Crippen molar-refractivity contribution in [2.45, 2.75) is 13.3 Å². The molecule has 1 atom stereocenters. The predicted octanol–water partition coefficient (Wildman–Crippen LogP) is 1.38. The van der Waals surface area contributed by atoms with Gasteiger partial charge >= 0.3 is 0 Å². The van der Waals surface area contributed by atoms with Crippen molar-refractivity contribution in [1.29, 1.82) is 0 Å². The summed E-state index contributed by atoms with van der Waals surface area (Å²) in [5.74, 6) is -0.0107. The van der Waals surface area contributed by atoms with Crippen molar-refractivity contribution in [3.63, 3.8) is 0 Å². The first-order chi connectivity index (χ1) is 8.61. The lowest BCUT2D eigenvalue weighted by Gasteiger charge is -2.36. The largest absolute Gasteiger partial charge is 0.367 e. The molecule has 1 fully saturated rings. The first kappa shape index (κ1) is 13.3. The summed E-state index contributed by atoms with van der Waals surface area (Å²) < 4.78 is 13.0. The zero-order chi connectivity index (χ0) is 13.1. The molecule has 0 aromatic heterocycles. The van der Waals surface area contributed by atoms with Gasteiger partial charge in [0.2, 0.25) is 5.91 Å². The van der Waals surface area contributed by atoms with Crippen LogP contribution in [0.3, 0.4) is 0 Å². The number of benzene rings is 1. The number of hydrogen-bond donors (Lipinski definition) is 0. The Morgan fingerprint density at radius 1 is 1.33 bits per heavy atom. The van der Waals surface area contributed by atoms with Crippen LogP contribution in [0.25, 0.3) is 0 Å². The second kappa shape index (κ2) is 5.66. The minimum Gasteiger partial charge on any atom is -0.367 e. The second-order valence-corrected chi connectivity index (χ2v) is 5.05. The molecule has 1 aromatic rings. The fourth-order valence-electron chi connectivity index (χ4n) is 2.23. The summed E-state index contributed by atoms with van der Waals surface area (Å²) in [6.45, 7) is 4.98. The fraction of sp³-hybridized carbons (Fsp3) is 0.462. The molecular formula is C13H18FN2OP. The first-order valence-corrected chi connectivity index (χ1v) is 6.77. The molecule has 0 saturated carbocycles. The SMILES string of the molecule is CCC(=O)N1CCN(c2ccc(F)cc2P)CC1. The molecule has 1 aliphatic heterocycles. The third kappa shape index (κ3) is 2.81. The number of hydrogen-bond acceptors (Lipinski definition) is 2. The topological polar surface area (TPSA) is 23.6 Å². The van der Waals surface area contributed by atoms with E-state index in [1.165, 1.54) is 12.1 Å². The van der Waals surface area contributed by atoms with Crippen molar-refractivity contribution in [2.24, 2.45) is 0 Å². The Labute approximate surface area is 109 Å². The van der Waals surface area contributed by atoms with E-state index >= 15 is 0 Å². The van der Waals surface area contributed by atoms with E-state index in [0.717, 1.165) is 37.2 Å². The molecule has 5 heteroatoms. The van der Waals surface area contributed by atoms with E-state index in [1.54, 1.807) is 6.07 Å². The van der Waals surface area contributed by atoms with E-state index in [2.05, 4.69) is 14.1 Å². The van der Waals surface area contributed by atoms with Crippen LogP contribution < -0.4 is 10.2 Å². The van der Waals surface area contributed by atoms with Crippen LogP contribution in [0.2, 0.25) is 0 Å². The summed E-state index contributed by atoms with van der Waals surface area (Å²) in [4.78, 5) is 15.7. The summed E-state index contributed by atoms with van der Waals surface area (Å²) in [5.41, 5.74) is 1.03. The zero-order valence-corrected chi connectivity index (χ0v) is 11.7. The second-order valence-electron chi connectivity index (χ2n) is 4.42. The third-order valence-electron chi connectivity index (χ3n) is 3.27. The molecule has 0 spiro atoms.